The monoisotopic (exact) mass is 277 g/mol. The molecule has 2 atom stereocenters. The van der Waals surface area contributed by atoms with Crippen molar-refractivity contribution in [1.82, 2.24) is 5.32 Å². The standard InChI is InChI=1S/C17H27NO2/c1-3-13(2)18-11-15(19)12-20-17-10-6-8-14-7-4-5-9-16(14)17/h6,8,10,13,15,18-19H,3-5,7,9,11-12H2,1-2H3. The second-order valence-electron chi connectivity index (χ2n) is 5.78. The molecule has 2 N–H and O–H groups in total. The number of ether oxygens (including phenoxy) is 1. The van der Waals surface area contributed by atoms with E-state index in [4.69, 9.17) is 4.74 Å². The molecule has 0 spiro atoms. The van der Waals surface area contributed by atoms with Crippen molar-refractivity contribution in [3.8, 4) is 5.75 Å². The van der Waals surface area contributed by atoms with Gasteiger partial charge in [0.2, 0.25) is 0 Å². The predicted molar refractivity (Wildman–Crippen MR) is 82.3 cm³/mol. The normalized spacial score (nSPS) is 17.4. The van der Waals surface area contributed by atoms with Crippen LogP contribution in [0, 0.1) is 0 Å². The van der Waals surface area contributed by atoms with Gasteiger partial charge in [0.05, 0.1) is 0 Å². The third-order valence-corrected chi connectivity index (χ3v) is 4.10. The molecule has 20 heavy (non-hydrogen) atoms. The first-order chi connectivity index (χ1) is 9.70. The summed E-state index contributed by atoms with van der Waals surface area (Å²) in [6, 6.07) is 6.72. The highest BCUT2D eigenvalue weighted by molar-refractivity contribution is 5.41. The van der Waals surface area contributed by atoms with E-state index in [1.165, 1.54) is 24.0 Å². The number of rotatable bonds is 7. The van der Waals surface area contributed by atoms with Gasteiger partial charge in [0, 0.05) is 12.6 Å². The molecule has 0 saturated heterocycles. The molecule has 0 heterocycles. The van der Waals surface area contributed by atoms with Gasteiger partial charge >= 0.3 is 0 Å². The fraction of sp³-hybridized carbons (Fsp3) is 0.647. The van der Waals surface area contributed by atoms with Crippen molar-refractivity contribution in [3.05, 3.63) is 29.3 Å². The van der Waals surface area contributed by atoms with E-state index >= 15 is 0 Å². The Morgan fingerprint density at radius 1 is 1.30 bits per heavy atom. The minimum Gasteiger partial charge on any atom is -0.491 e. The highest BCUT2D eigenvalue weighted by Gasteiger charge is 2.15. The maximum Gasteiger partial charge on any atom is 0.122 e. The number of fused-ring (bicyclic) bond motifs is 1. The summed E-state index contributed by atoms with van der Waals surface area (Å²) in [4.78, 5) is 0. The van der Waals surface area contributed by atoms with Gasteiger partial charge in [0.15, 0.2) is 0 Å². The lowest BCUT2D eigenvalue weighted by Crippen LogP contribution is -2.36. The van der Waals surface area contributed by atoms with Crippen molar-refractivity contribution in [3.63, 3.8) is 0 Å². The SMILES string of the molecule is CCC(C)NCC(O)COc1cccc2c1CCCC2. The Hall–Kier alpha value is -1.06. The summed E-state index contributed by atoms with van der Waals surface area (Å²) >= 11 is 0. The molecule has 2 unspecified atom stereocenters. The van der Waals surface area contributed by atoms with Crippen LogP contribution in [0.4, 0.5) is 0 Å². The van der Waals surface area contributed by atoms with Gasteiger partial charge in [-0.1, -0.05) is 19.1 Å². The van der Waals surface area contributed by atoms with Gasteiger partial charge in [0.1, 0.15) is 18.5 Å². The van der Waals surface area contributed by atoms with E-state index in [9.17, 15) is 5.11 Å². The Bertz CT molecular complexity index is 419. The van der Waals surface area contributed by atoms with Crippen molar-refractivity contribution >= 4 is 0 Å². The Kier molecular flexibility index (Phi) is 5.86. The van der Waals surface area contributed by atoms with Gasteiger partial charge < -0.3 is 15.2 Å². The number of hydrogen-bond acceptors (Lipinski definition) is 3. The van der Waals surface area contributed by atoms with Crippen LogP contribution in [0.2, 0.25) is 0 Å². The lowest BCUT2D eigenvalue weighted by atomic mass is 9.91. The highest BCUT2D eigenvalue weighted by atomic mass is 16.5. The topological polar surface area (TPSA) is 41.5 Å². The molecule has 1 aromatic rings. The summed E-state index contributed by atoms with van der Waals surface area (Å²) in [6.45, 7) is 5.21. The number of nitrogens with one attached hydrogen (secondary N) is 1. The first-order valence-electron chi connectivity index (χ1n) is 7.85. The van der Waals surface area contributed by atoms with Crippen molar-refractivity contribution < 1.29 is 9.84 Å². The predicted octanol–water partition coefficient (Wildman–Crippen LogP) is 2.69. The number of aryl methyl sites for hydroxylation is 1. The number of hydrogen-bond donors (Lipinski definition) is 2. The zero-order valence-corrected chi connectivity index (χ0v) is 12.7. The van der Waals surface area contributed by atoms with Crippen LogP contribution in [0.3, 0.4) is 0 Å². The minimum atomic E-state index is -0.455. The second-order valence-corrected chi connectivity index (χ2v) is 5.78. The maximum absolute atomic E-state index is 9.97. The first kappa shape index (κ1) is 15.3. The fourth-order valence-electron chi connectivity index (χ4n) is 2.61. The smallest absolute Gasteiger partial charge is 0.122 e. The summed E-state index contributed by atoms with van der Waals surface area (Å²) in [7, 11) is 0. The zero-order chi connectivity index (χ0) is 14.4. The Balaban J connectivity index is 1.84. The van der Waals surface area contributed by atoms with Crippen LogP contribution >= 0.6 is 0 Å². The molecule has 1 aromatic carbocycles. The van der Waals surface area contributed by atoms with E-state index in [0.29, 0.717) is 19.2 Å². The van der Waals surface area contributed by atoms with Gasteiger partial charge in [-0.05, 0) is 56.2 Å². The molecule has 0 aliphatic heterocycles. The van der Waals surface area contributed by atoms with Crippen LogP contribution in [-0.2, 0) is 12.8 Å². The van der Waals surface area contributed by atoms with Crippen LogP contribution in [-0.4, -0.2) is 30.4 Å². The van der Waals surface area contributed by atoms with Gasteiger partial charge in [-0.3, -0.25) is 0 Å². The summed E-state index contributed by atoms with van der Waals surface area (Å²) in [5.41, 5.74) is 2.77. The van der Waals surface area contributed by atoms with E-state index in [0.717, 1.165) is 25.0 Å². The summed E-state index contributed by atoms with van der Waals surface area (Å²) in [5.74, 6) is 0.963. The molecule has 112 valence electrons. The molecule has 1 aliphatic rings. The summed E-state index contributed by atoms with van der Waals surface area (Å²) < 4.78 is 5.84. The quantitative estimate of drug-likeness (QED) is 0.805. The van der Waals surface area contributed by atoms with E-state index < -0.39 is 6.10 Å². The molecule has 0 aromatic heterocycles. The highest BCUT2D eigenvalue weighted by Crippen LogP contribution is 2.29. The lowest BCUT2D eigenvalue weighted by Gasteiger charge is -2.21. The average Bonchev–Trinajstić information content (AvgIpc) is 2.50. The molecular weight excluding hydrogens is 250 g/mol. The molecule has 3 heteroatoms. The molecule has 2 rings (SSSR count). The molecule has 0 saturated carbocycles. The average molecular weight is 277 g/mol. The number of benzene rings is 1. The number of aliphatic hydroxyl groups is 1. The second kappa shape index (κ2) is 7.65. The third kappa shape index (κ3) is 4.22. The van der Waals surface area contributed by atoms with Gasteiger partial charge in [0.25, 0.3) is 0 Å². The molecule has 0 amide bonds. The van der Waals surface area contributed by atoms with E-state index in [2.05, 4.69) is 31.3 Å². The maximum atomic E-state index is 9.97. The molecule has 0 radical (unpaired) electrons. The molecular formula is C17H27NO2. The largest absolute Gasteiger partial charge is 0.491 e. The lowest BCUT2D eigenvalue weighted by molar-refractivity contribution is 0.103. The Labute approximate surface area is 122 Å². The fourth-order valence-corrected chi connectivity index (χ4v) is 2.61. The van der Waals surface area contributed by atoms with E-state index in [1.54, 1.807) is 0 Å². The van der Waals surface area contributed by atoms with Crippen molar-refractivity contribution in [2.45, 2.75) is 58.1 Å². The minimum absolute atomic E-state index is 0.361. The van der Waals surface area contributed by atoms with Crippen LogP contribution in [0.15, 0.2) is 18.2 Å². The number of aliphatic hydroxyl groups excluding tert-OH is 1. The molecule has 1 aliphatic carbocycles. The van der Waals surface area contributed by atoms with Crippen molar-refractivity contribution in [1.29, 1.82) is 0 Å². The summed E-state index contributed by atoms with van der Waals surface area (Å²) in [5, 5.41) is 13.3. The van der Waals surface area contributed by atoms with Crippen LogP contribution in [0.1, 0.15) is 44.2 Å². The zero-order valence-electron chi connectivity index (χ0n) is 12.7. The first-order valence-corrected chi connectivity index (χ1v) is 7.85. The summed E-state index contributed by atoms with van der Waals surface area (Å²) in [6.07, 6.45) is 5.39. The van der Waals surface area contributed by atoms with E-state index in [1.807, 2.05) is 6.07 Å². The van der Waals surface area contributed by atoms with Gasteiger partial charge in [-0.25, -0.2) is 0 Å². The van der Waals surface area contributed by atoms with Gasteiger partial charge in [-0.15, -0.1) is 0 Å². The Morgan fingerprint density at radius 3 is 2.90 bits per heavy atom. The molecule has 3 nitrogen and oxygen atoms in total. The van der Waals surface area contributed by atoms with Crippen LogP contribution in [0.25, 0.3) is 0 Å². The van der Waals surface area contributed by atoms with Crippen LogP contribution in [0.5, 0.6) is 5.75 Å². The third-order valence-electron chi connectivity index (χ3n) is 4.10. The molecule has 0 fully saturated rings. The Morgan fingerprint density at radius 2 is 2.10 bits per heavy atom. The van der Waals surface area contributed by atoms with Crippen LogP contribution < -0.4 is 10.1 Å². The van der Waals surface area contributed by atoms with Crippen molar-refractivity contribution in [2.75, 3.05) is 13.2 Å². The molecule has 0 bridgehead atoms. The van der Waals surface area contributed by atoms with Crippen molar-refractivity contribution in [2.24, 2.45) is 0 Å². The van der Waals surface area contributed by atoms with Gasteiger partial charge in [-0.2, -0.15) is 0 Å². The van der Waals surface area contributed by atoms with E-state index in [-0.39, 0.29) is 0 Å².